The van der Waals surface area contributed by atoms with Gasteiger partial charge in [0.25, 0.3) is 0 Å². The van der Waals surface area contributed by atoms with Gasteiger partial charge >= 0.3 is 0 Å². The SMILES string of the molecule is CCCCCCCCCC(=O)CCC(C)C1CCCCC1. The molecular weight excluding hydrogens is 256 g/mol. The molecule has 0 saturated heterocycles. The summed E-state index contributed by atoms with van der Waals surface area (Å²) in [4.78, 5) is 12.0. The van der Waals surface area contributed by atoms with Crippen molar-refractivity contribution in [3.8, 4) is 0 Å². The lowest BCUT2D eigenvalue weighted by Gasteiger charge is -2.27. The number of rotatable bonds is 12. The van der Waals surface area contributed by atoms with Crippen LogP contribution in [0.4, 0.5) is 0 Å². The zero-order valence-corrected chi connectivity index (χ0v) is 14.7. The third kappa shape index (κ3) is 9.32. The van der Waals surface area contributed by atoms with Gasteiger partial charge in [-0.15, -0.1) is 0 Å². The Bertz CT molecular complexity index is 253. The van der Waals surface area contributed by atoms with Crippen molar-refractivity contribution in [2.24, 2.45) is 11.8 Å². The van der Waals surface area contributed by atoms with Crippen LogP contribution in [0.15, 0.2) is 0 Å². The number of ketones is 1. The quantitative estimate of drug-likeness (QED) is 0.366. The van der Waals surface area contributed by atoms with E-state index >= 15 is 0 Å². The minimum atomic E-state index is 0.520. The van der Waals surface area contributed by atoms with Gasteiger partial charge in [0.15, 0.2) is 0 Å². The summed E-state index contributed by atoms with van der Waals surface area (Å²) >= 11 is 0. The van der Waals surface area contributed by atoms with Gasteiger partial charge in [-0.05, 0) is 24.7 Å². The molecule has 1 atom stereocenters. The second kappa shape index (κ2) is 12.2. The minimum absolute atomic E-state index is 0.520. The monoisotopic (exact) mass is 294 g/mol. The molecule has 0 amide bonds. The lowest BCUT2D eigenvalue weighted by atomic mass is 9.79. The van der Waals surface area contributed by atoms with Gasteiger partial charge in [-0.1, -0.05) is 84.5 Å². The highest BCUT2D eigenvalue weighted by Crippen LogP contribution is 2.32. The largest absolute Gasteiger partial charge is 0.300 e. The van der Waals surface area contributed by atoms with Crippen LogP contribution in [0.1, 0.15) is 110 Å². The number of Topliss-reactive ketones (excluding diaryl/α,β-unsaturated/α-hetero) is 1. The molecule has 0 N–H and O–H groups in total. The molecule has 1 aliphatic carbocycles. The molecule has 0 radical (unpaired) electrons. The topological polar surface area (TPSA) is 17.1 Å². The van der Waals surface area contributed by atoms with Crippen molar-refractivity contribution in [3.05, 3.63) is 0 Å². The van der Waals surface area contributed by atoms with Gasteiger partial charge in [-0.2, -0.15) is 0 Å². The Hall–Kier alpha value is -0.330. The summed E-state index contributed by atoms with van der Waals surface area (Å²) < 4.78 is 0. The molecule has 1 heteroatoms. The van der Waals surface area contributed by atoms with Gasteiger partial charge in [0, 0.05) is 12.8 Å². The van der Waals surface area contributed by atoms with E-state index in [9.17, 15) is 4.79 Å². The number of unbranched alkanes of at least 4 members (excludes halogenated alkanes) is 6. The molecule has 0 bridgehead atoms. The summed E-state index contributed by atoms with van der Waals surface area (Å²) in [6.45, 7) is 4.63. The second-order valence-corrected chi connectivity index (χ2v) is 7.32. The highest BCUT2D eigenvalue weighted by molar-refractivity contribution is 5.78. The molecule has 1 nitrogen and oxygen atoms in total. The fraction of sp³-hybridized carbons (Fsp3) is 0.950. The van der Waals surface area contributed by atoms with Crippen LogP contribution in [-0.2, 0) is 4.79 Å². The summed E-state index contributed by atoms with van der Waals surface area (Å²) in [6, 6.07) is 0. The molecule has 0 spiro atoms. The first-order chi connectivity index (χ1) is 10.2. The van der Waals surface area contributed by atoms with E-state index in [1.165, 1.54) is 70.6 Å². The van der Waals surface area contributed by atoms with Crippen molar-refractivity contribution in [2.75, 3.05) is 0 Å². The molecule has 0 aromatic rings. The number of hydrogen-bond donors (Lipinski definition) is 0. The third-order valence-corrected chi connectivity index (χ3v) is 5.39. The average molecular weight is 295 g/mol. The first kappa shape index (κ1) is 18.7. The van der Waals surface area contributed by atoms with E-state index in [1.807, 2.05) is 0 Å². The molecular formula is C20H38O. The van der Waals surface area contributed by atoms with Gasteiger partial charge < -0.3 is 0 Å². The van der Waals surface area contributed by atoms with E-state index < -0.39 is 0 Å². The minimum Gasteiger partial charge on any atom is -0.300 e. The van der Waals surface area contributed by atoms with Gasteiger partial charge in [0.05, 0.1) is 0 Å². The van der Waals surface area contributed by atoms with Gasteiger partial charge in [0.1, 0.15) is 5.78 Å². The van der Waals surface area contributed by atoms with E-state index in [2.05, 4.69) is 13.8 Å². The fourth-order valence-corrected chi connectivity index (χ4v) is 3.73. The maximum absolute atomic E-state index is 12.0. The van der Waals surface area contributed by atoms with Gasteiger partial charge in [-0.25, -0.2) is 0 Å². The average Bonchev–Trinajstić information content (AvgIpc) is 2.52. The fourth-order valence-electron chi connectivity index (χ4n) is 3.73. The van der Waals surface area contributed by atoms with Crippen LogP contribution >= 0.6 is 0 Å². The van der Waals surface area contributed by atoms with Crippen LogP contribution in [0.25, 0.3) is 0 Å². The van der Waals surface area contributed by atoms with Crippen molar-refractivity contribution in [2.45, 2.75) is 110 Å². The van der Waals surface area contributed by atoms with Crippen molar-refractivity contribution in [3.63, 3.8) is 0 Å². The van der Waals surface area contributed by atoms with Crippen LogP contribution in [0.3, 0.4) is 0 Å². The number of hydrogen-bond acceptors (Lipinski definition) is 1. The maximum atomic E-state index is 12.0. The number of carbonyl (C=O) groups is 1. The zero-order chi connectivity index (χ0) is 15.3. The van der Waals surface area contributed by atoms with E-state index in [1.54, 1.807) is 0 Å². The molecule has 1 unspecified atom stereocenters. The summed E-state index contributed by atoms with van der Waals surface area (Å²) in [5.41, 5.74) is 0. The Morgan fingerprint density at radius 3 is 2.19 bits per heavy atom. The maximum Gasteiger partial charge on any atom is 0.132 e. The highest BCUT2D eigenvalue weighted by atomic mass is 16.1. The van der Waals surface area contributed by atoms with E-state index in [4.69, 9.17) is 0 Å². The summed E-state index contributed by atoms with van der Waals surface area (Å²) in [7, 11) is 0. The van der Waals surface area contributed by atoms with Crippen LogP contribution in [-0.4, -0.2) is 5.78 Å². The second-order valence-electron chi connectivity index (χ2n) is 7.32. The predicted molar refractivity (Wildman–Crippen MR) is 92.6 cm³/mol. The molecule has 124 valence electrons. The van der Waals surface area contributed by atoms with Gasteiger partial charge in [0.2, 0.25) is 0 Å². The molecule has 1 saturated carbocycles. The van der Waals surface area contributed by atoms with Crippen molar-refractivity contribution in [1.82, 2.24) is 0 Å². The Labute approximate surface area is 133 Å². The highest BCUT2D eigenvalue weighted by Gasteiger charge is 2.20. The molecule has 1 rings (SSSR count). The smallest absolute Gasteiger partial charge is 0.132 e. The van der Waals surface area contributed by atoms with Crippen molar-refractivity contribution >= 4 is 5.78 Å². The van der Waals surface area contributed by atoms with Crippen molar-refractivity contribution in [1.29, 1.82) is 0 Å². The van der Waals surface area contributed by atoms with E-state index in [0.29, 0.717) is 5.78 Å². The Morgan fingerprint density at radius 2 is 1.52 bits per heavy atom. The lowest BCUT2D eigenvalue weighted by Crippen LogP contribution is -2.16. The summed E-state index contributed by atoms with van der Waals surface area (Å²) in [5, 5.41) is 0. The lowest BCUT2D eigenvalue weighted by molar-refractivity contribution is -0.119. The Balaban J connectivity index is 1.95. The molecule has 0 aliphatic heterocycles. The molecule has 21 heavy (non-hydrogen) atoms. The van der Waals surface area contributed by atoms with Crippen LogP contribution in [0.2, 0.25) is 0 Å². The third-order valence-electron chi connectivity index (χ3n) is 5.39. The first-order valence-electron chi connectivity index (χ1n) is 9.75. The zero-order valence-electron chi connectivity index (χ0n) is 14.7. The molecule has 0 aromatic carbocycles. The van der Waals surface area contributed by atoms with Crippen LogP contribution in [0, 0.1) is 11.8 Å². The van der Waals surface area contributed by atoms with Crippen LogP contribution in [0.5, 0.6) is 0 Å². The Kier molecular flexibility index (Phi) is 10.9. The van der Waals surface area contributed by atoms with E-state index in [0.717, 1.165) is 37.5 Å². The normalized spacial score (nSPS) is 17.8. The molecule has 0 heterocycles. The van der Waals surface area contributed by atoms with E-state index in [-0.39, 0.29) is 0 Å². The van der Waals surface area contributed by atoms with Crippen molar-refractivity contribution < 1.29 is 4.79 Å². The number of carbonyl (C=O) groups excluding carboxylic acids is 1. The predicted octanol–water partition coefficient (Wildman–Crippen LogP) is 6.69. The first-order valence-corrected chi connectivity index (χ1v) is 9.75. The standard InChI is InChI=1S/C20H38O/c1-3-4-5-6-7-8-12-15-20(21)17-16-18(2)19-13-10-9-11-14-19/h18-19H,3-17H2,1-2H3. The summed E-state index contributed by atoms with van der Waals surface area (Å²) in [6.07, 6.45) is 19.0. The Morgan fingerprint density at radius 1 is 0.905 bits per heavy atom. The molecule has 0 aromatic heterocycles. The summed E-state index contributed by atoms with van der Waals surface area (Å²) in [5.74, 6) is 2.19. The van der Waals surface area contributed by atoms with Crippen LogP contribution < -0.4 is 0 Å². The molecule has 1 aliphatic rings. The van der Waals surface area contributed by atoms with Gasteiger partial charge in [-0.3, -0.25) is 4.79 Å². The molecule has 1 fully saturated rings.